The van der Waals surface area contributed by atoms with E-state index in [1.807, 2.05) is 12.1 Å². The first-order chi connectivity index (χ1) is 18.8. The third kappa shape index (κ3) is 7.65. The predicted molar refractivity (Wildman–Crippen MR) is 151 cm³/mol. The standard InChI is InChI=1S/C30H41N5O5/c1-7-20-10-11-21-17-31-23(16-22(21)15-20)12-13-30(5,6)29(40)33-25(18(2)3)26(36)32-19(4)27(37)35-14-8-9-24(34-35)28(38)39/h10-13,15-19,24-25,34H,7-9,14H2,1-6H3,(H,32,36)(H,33,40)(H,38,39)/p-1/b13-12+/t19-,24-,25-/m0/s1. The van der Waals surface area contributed by atoms with Crippen molar-refractivity contribution in [2.24, 2.45) is 11.3 Å². The molecule has 3 amide bonds. The normalized spacial score (nSPS) is 17.6. The Kier molecular flexibility index (Phi) is 10.0. The molecule has 1 aromatic carbocycles. The van der Waals surface area contributed by atoms with Gasteiger partial charge >= 0.3 is 0 Å². The number of rotatable bonds is 10. The van der Waals surface area contributed by atoms with Gasteiger partial charge in [-0.1, -0.05) is 45.0 Å². The number of hydrogen-bond donors (Lipinski definition) is 3. The maximum absolute atomic E-state index is 13.3. The number of benzene rings is 1. The number of aryl methyl sites for hydroxylation is 1. The van der Waals surface area contributed by atoms with E-state index < -0.39 is 41.3 Å². The first-order valence-electron chi connectivity index (χ1n) is 13.8. The fourth-order valence-electron chi connectivity index (χ4n) is 4.46. The highest BCUT2D eigenvalue weighted by atomic mass is 16.4. The number of hydrogen-bond acceptors (Lipinski definition) is 7. The molecule has 0 bridgehead atoms. The number of amides is 3. The van der Waals surface area contributed by atoms with Crippen molar-refractivity contribution in [2.45, 2.75) is 78.9 Å². The minimum absolute atomic E-state index is 0.253. The summed E-state index contributed by atoms with van der Waals surface area (Å²) in [7, 11) is 0. The average molecular weight is 551 g/mol. The number of nitrogens with one attached hydrogen (secondary N) is 3. The topological polar surface area (TPSA) is 144 Å². The molecular weight excluding hydrogens is 510 g/mol. The third-order valence-electron chi connectivity index (χ3n) is 7.17. The Bertz CT molecular complexity index is 1290. The van der Waals surface area contributed by atoms with Gasteiger partial charge in [0.25, 0.3) is 5.91 Å². The molecule has 40 heavy (non-hydrogen) atoms. The minimum Gasteiger partial charge on any atom is -0.548 e. The zero-order valence-corrected chi connectivity index (χ0v) is 24.1. The number of aliphatic carboxylic acids is 1. The van der Waals surface area contributed by atoms with Gasteiger partial charge in [0, 0.05) is 18.1 Å². The summed E-state index contributed by atoms with van der Waals surface area (Å²) < 4.78 is 0. The Morgan fingerprint density at radius 3 is 2.52 bits per heavy atom. The molecule has 0 aliphatic carbocycles. The summed E-state index contributed by atoms with van der Waals surface area (Å²) in [5, 5.41) is 20.0. The fraction of sp³-hybridized carbons (Fsp3) is 0.500. The van der Waals surface area contributed by atoms with Gasteiger partial charge in [-0.3, -0.25) is 24.4 Å². The molecular formula is C30H40N5O5-. The molecule has 3 atom stereocenters. The van der Waals surface area contributed by atoms with Crippen LogP contribution in [0.5, 0.6) is 0 Å². The molecule has 0 unspecified atom stereocenters. The largest absolute Gasteiger partial charge is 0.548 e. The number of hydrazine groups is 1. The van der Waals surface area contributed by atoms with E-state index >= 15 is 0 Å². The molecule has 0 radical (unpaired) electrons. The molecule has 2 aromatic rings. The Morgan fingerprint density at radius 1 is 1.15 bits per heavy atom. The van der Waals surface area contributed by atoms with Crippen LogP contribution in [0.3, 0.4) is 0 Å². The van der Waals surface area contributed by atoms with E-state index in [4.69, 9.17) is 0 Å². The van der Waals surface area contributed by atoms with Crippen LogP contribution in [0.1, 0.15) is 65.6 Å². The van der Waals surface area contributed by atoms with Gasteiger partial charge < -0.3 is 20.5 Å². The molecule has 1 aliphatic heterocycles. The molecule has 1 saturated heterocycles. The molecule has 1 fully saturated rings. The van der Waals surface area contributed by atoms with Crippen LogP contribution >= 0.6 is 0 Å². The Balaban J connectivity index is 1.65. The highest BCUT2D eigenvalue weighted by Crippen LogP contribution is 2.22. The van der Waals surface area contributed by atoms with Crippen molar-refractivity contribution >= 4 is 40.5 Å². The van der Waals surface area contributed by atoms with E-state index in [-0.39, 0.29) is 11.8 Å². The average Bonchev–Trinajstić information content (AvgIpc) is 2.93. The quantitative estimate of drug-likeness (QED) is 0.409. The zero-order chi connectivity index (χ0) is 29.6. The lowest BCUT2D eigenvalue weighted by Gasteiger charge is -2.36. The Labute approximate surface area is 235 Å². The van der Waals surface area contributed by atoms with Gasteiger partial charge in [-0.05, 0) is 69.0 Å². The van der Waals surface area contributed by atoms with Crippen LogP contribution in [0.15, 0.2) is 36.5 Å². The van der Waals surface area contributed by atoms with Crippen molar-refractivity contribution in [2.75, 3.05) is 6.54 Å². The summed E-state index contributed by atoms with van der Waals surface area (Å²) in [5.41, 5.74) is 3.65. The lowest BCUT2D eigenvalue weighted by molar-refractivity contribution is -0.310. The highest BCUT2D eigenvalue weighted by molar-refractivity contribution is 5.94. The van der Waals surface area contributed by atoms with Gasteiger partial charge in [0.2, 0.25) is 11.8 Å². The number of fused-ring (bicyclic) bond motifs is 1. The number of carbonyl (C=O) groups is 4. The van der Waals surface area contributed by atoms with Crippen molar-refractivity contribution in [1.82, 2.24) is 26.1 Å². The number of carbonyl (C=O) groups excluding carboxylic acids is 4. The van der Waals surface area contributed by atoms with Gasteiger partial charge in [-0.25, -0.2) is 5.43 Å². The summed E-state index contributed by atoms with van der Waals surface area (Å²) in [6.07, 6.45) is 7.16. The molecule has 10 heteroatoms. The first kappa shape index (κ1) is 30.7. The predicted octanol–water partition coefficient (Wildman–Crippen LogP) is 1.73. The maximum atomic E-state index is 13.3. The molecule has 1 aromatic heterocycles. The van der Waals surface area contributed by atoms with Crippen LogP contribution in [0.25, 0.3) is 16.8 Å². The summed E-state index contributed by atoms with van der Waals surface area (Å²) in [4.78, 5) is 54.9. The van der Waals surface area contributed by atoms with Crippen molar-refractivity contribution in [1.29, 1.82) is 0 Å². The van der Waals surface area contributed by atoms with Crippen LogP contribution < -0.4 is 21.2 Å². The molecule has 1 aliphatic rings. The van der Waals surface area contributed by atoms with Crippen molar-refractivity contribution < 1.29 is 24.3 Å². The molecule has 0 spiro atoms. The monoisotopic (exact) mass is 550 g/mol. The second-order valence-electron chi connectivity index (χ2n) is 11.3. The summed E-state index contributed by atoms with van der Waals surface area (Å²) in [6.45, 7) is 11.1. The van der Waals surface area contributed by atoms with Crippen molar-refractivity contribution in [3.05, 3.63) is 47.8 Å². The Morgan fingerprint density at radius 2 is 1.88 bits per heavy atom. The molecule has 2 heterocycles. The van der Waals surface area contributed by atoms with Crippen molar-refractivity contribution in [3.63, 3.8) is 0 Å². The highest BCUT2D eigenvalue weighted by Gasteiger charge is 2.33. The van der Waals surface area contributed by atoms with E-state index in [0.717, 1.165) is 22.9 Å². The molecule has 3 N–H and O–H groups in total. The lowest BCUT2D eigenvalue weighted by atomic mass is 9.90. The molecule has 10 nitrogen and oxygen atoms in total. The van der Waals surface area contributed by atoms with Gasteiger partial charge in [0.05, 0.1) is 23.1 Å². The van der Waals surface area contributed by atoms with Crippen molar-refractivity contribution in [3.8, 4) is 0 Å². The number of nitrogens with zero attached hydrogens (tertiary/aromatic N) is 2. The molecule has 216 valence electrons. The van der Waals surface area contributed by atoms with Crippen LogP contribution in [0.4, 0.5) is 0 Å². The second-order valence-corrected chi connectivity index (χ2v) is 11.3. The fourth-order valence-corrected chi connectivity index (χ4v) is 4.46. The van der Waals surface area contributed by atoms with Crippen LogP contribution in [-0.2, 0) is 25.6 Å². The Hall–Kier alpha value is -3.79. The van der Waals surface area contributed by atoms with Gasteiger partial charge in [-0.15, -0.1) is 0 Å². The maximum Gasteiger partial charge on any atom is 0.258 e. The van der Waals surface area contributed by atoms with E-state index in [1.165, 1.54) is 17.5 Å². The lowest BCUT2D eigenvalue weighted by Crippen LogP contribution is -2.62. The van der Waals surface area contributed by atoms with E-state index in [2.05, 4.69) is 40.1 Å². The van der Waals surface area contributed by atoms with E-state index in [1.54, 1.807) is 46.0 Å². The summed E-state index contributed by atoms with van der Waals surface area (Å²) in [6, 6.07) is 5.47. The third-order valence-corrected chi connectivity index (χ3v) is 7.17. The number of carboxylic acids is 1. The number of aromatic nitrogens is 1. The van der Waals surface area contributed by atoms with Gasteiger partial charge in [0.1, 0.15) is 12.1 Å². The summed E-state index contributed by atoms with van der Waals surface area (Å²) >= 11 is 0. The van der Waals surface area contributed by atoms with Gasteiger partial charge in [0.15, 0.2) is 0 Å². The molecule has 3 rings (SSSR count). The zero-order valence-electron chi connectivity index (χ0n) is 24.1. The van der Waals surface area contributed by atoms with Crippen LogP contribution in [0, 0.1) is 11.3 Å². The van der Waals surface area contributed by atoms with E-state index in [0.29, 0.717) is 19.4 Å². The smallest absolute Gasteiger partial charge is 0.258 e. The first-order valence-corrected chi connectivity index (χ1v) is 13.8. The molecule has 0 saturated carbocycles. The van der Waals surface area contributed by atoms with E-state index in [9.17, 15) is 24.3 Å². The SMILES string of the molecule is CCc1ccc2cnc(/C=C/C(C)(C)C(=O)N[C@H](C(=O)N[C@@H](C)C(=O)N3CCC[C@@H](C(=O)[O-])N3)C(C)C)cc2c1. The minimum atomic E-state index is -1.28. The van der Waals surface area contributed by atoms with Gasteiger partial charge in [-0.2, -0.15) is 0 Å². The van der Waals surface area contributed by atoms with Crippen LogP contribution in [-0.4, -0.2) is 58.4 Å². The summed E-state index contributed by atoms with van der Waals surface area (Å²) in [5.74, 6) is -2.85. The second kappa shape index (κ2) is 13.0. The number of pyridine rings is 1. The van der Waals surface area contributed by atoms with Crippen LogP contribution in [0.2, 0.25) is 0 Å². The number of carboxylic acid groups (broad SMARTS) is 1.